The van der Waals surface area contributed by atoms with Crippen LogP contribution in [0.3, 0.4) is 0 Å². The summed E-state index contributed by atoms with van der Waals surface area (Å²) in [4.78, 5) is 18.7. The molecule has 0 unspecified atom stereocenters. The lowest BCUT2D eigenvalue weighted by Gasteiger charge is -1.79. The zero-order valence-electron chi connectivity index (χ0n) is 3.29. The van der Waals surface area contributed by atoms with Crippen LogP contribution in [0.15, 0.2) is 0 Å². The first kappa shape index (κ1) is 5.94. The van der Waals surface area contributed by atoms with Gasteiger partial charge in [-0.1, -0.05) is 0 Å². The molecular formula is C3H3O4. The summed E-state index contributed by atoms with van der Waals surface area (Å²) in [6.45, 7) is 0. The third-order valence-electron chi connectivity index (χ3n) is 0.247. The smallest absolute Gasteiger partial charge is 0.319 e. The van der Waals surface area contributed by atoms with Gasteiger partial charge in [0.1, 0.15) is 0 Å². The normalized spacial score (nSPS) is 8.00. The first-order valence-corrected chi connectivity index (χ1v) is 1.43. The van der Waals surface area contributed by atoms with Crippen molar-refractivity contribution in [3.8, 4) is 0 Å². The Morgan fingerprint density at radius 2 is 1.43 bits per heavy atom. The standard InChI is InChI=1S/C3H3O4/c4-2(5)1-3(6)7/h1H,(H,4,5)(H,6,7)/i1+1. The summed E-state index contributed by atoms with van der Waals surface area (Å²) in [6.07, 6.45) is 0.167. The molecule has 0 rings (SSSR count). The van der Waals surface area contributed by atoms with Gasteiger partial charge >= 0.3 is 11.9 Å². The van der Waals surface area contributed by atoms with Crippen LogP contribution in [0.4, 0.5) is 0 Å². The Bertz CT molecular complexity index is 83.1. The van der Waals surface area contributed by atoms with Gasteiger partial charge in [0.15, 0.2) is 6.42 Å². The first-order chi connectivity index (χ1) is 3.13. The van der Waals surface area contributed by atoms with E-state index in [-0.39, 0.29) is 6.42 Å². The van der Waals surface area contributed by atoms with Gasteiger partial charge in [-0.25, -0.2) is 0 Å². The topological polar surface area (TPSA) is 74.6 Å². The number of rotatable bonds is 2. The molecule has 0 fully saturated rings. The molecule has 0 saturated carbocycles. The molecule has 0 aliphatic carbocycles. The van der Waals surface area contributed by atoms with Crippen LogP contribution in [-0.2, 0) is 9.59 Å². The van der Waals surface area contributed by atoms with Crippen molar-refractivity contribution in [2.75, 3.05) is 0 Å². The quantitative estimate of drug-likeness (QED) is 0.361. The fraction of sp³-hybridized carbons (Fsp3) is 0. The summed E-state index contributed by atoms with van der Waals surface area (Å²) in [6, 6.07) is 0. The second-order valence-corrected chi connectivity index (χ2v) is 0.821. The van der Waals surface area contributed by atoms with Gasteiger partial charge in [-0.05, 0) is 0 Å². The summed E-state index contributed by atoms with van der Waals surface area (Å²) in [5, 5.41) is 15.3. The molecule has 4 nitrogen and oxygen atoms in total. The zero-order chi connectivity index (χ0) is 5.86. The van der Waals surface area contributed by atoms with E-state index < -0.39 is 11.9 Å². The number of hydrogen-bond donors (Lipinski definition) is 2. The minimum atomic E-state index is -1.44. The van der Waals surface area contributed by atoms with E-state index in [4.69, 9.17) is 10.2 Å². The van der Waals surface area contributed by atoms with Crippen LogP contribution in [0, 0.1) is 6.42 Å². The molecule has 0 aliphatic rings. The summed E-state index contributed by atoms with van der Waals surface area (Å²) in [5.41, 5.74) is 0. The van der Waals surface area contributed by atoms with Gasteiger partial charge in [0.25, 0.3) is 0 Å². The number of carbonyl (C=O) groups is 2. The third kappa shape index (κ3) is 4.94. The first-order valence-electron chi connectivity index (χ1n) is 1.43. The number of aliphatic carboxylic acids is 2. The van der Waals surface area contributed by atoms with Crippen LogP contribution in [0.25, 0.3) is 0 Å². The highest BCUT2D eigenvalue weighted by Crippen LogP contribution is 1.72. The molecule has 0 amide bonds. The molecule has 7 heavy (non-hydrogen) atoms. The predicted molar refractivity (Wildman–Crippen MR) is 19.6 cm³/mol. The molecule has 0 atom stereocenters. The van der Waals surface area contributed by atoms with Gasteiger partial charge in [-0.2, -0.15) is 0 Å². The second kappa shape index (κ2) is 2.17. The maximum Gasteiger partial charge on any atom is 0.319 e. The van der Waals surface area contributed by atoms with Gasteiger partial charge in [-0.3, -0.25) is 9.59 Å². The van der Waals surface area contributed by atoms with E-state index in [0.29, 0.717) is 0 Å². The highest BCUT2D eigenvalue weighted by atomic mass is 16.4. The number of carboxylic acid groups (broad SMARTS) is 2. The predicted octanol–water partition coefficient (Wildman–Crippen LogP) is -0.640. The lowest BCUT2D eigenvalue weighted by molar-refractivity contribution is -0.140. The van der Waals surface area contributed by atoms with Crippen LogP contribution in [0.2, 0.25) is 0 Å². The van der Waals surface area contributed by atoms with Crippen molar-refractivity contribution in [3.63, 3.8) is 0 Å². The van der Waals surface area contributed by atoms with E-state index >= 15 is 0 Å². The van der Waals surface area contributed by atoms with E-state index in [1.807, 2.05) is 0 Å². The summed E-state index contributed by atoms with van der Waals surface area (Å²) >= 11 is 0. The molecule has 39 valence electrons. The molecule has 0 saturated heterocycles. The van der Waals surface area contributed by atoms with Crippen LogP contribution in [0.5, 0.6) is 0 Å². The average molecular weight is 104 g/mol. The summed E-state index contributed by atoms with van der Waals surface area (Å²) < 4.78 is 0. The monoisotopic (exact) mass is 104 g/mol. The van der Waals surface area contributed by atoms with E-state index in [1.165, 1.54) is 0 Å². The Balaban J connectivity index is 3.32. The van der Waals surface area contributed by atoms with E-state index in [9.17, 15) is 9.59 Å². The van der Waals surface area contributed by atoms with Gasteiger partial charge in [0.2, 0.25) is 0 Å². The average Bonchev–Trinajstić information content (AvgIpc) is 1.27. The van der Waals surface area contributed by atoms with Gasteiger partial charge in [-0.15, -0.1) is 0 Å². The van der Waals surface area contributed by atoms with E-state index in [1.54, 1.807) is 0 Å². The van der Waals surface area contributed by atoms with Crippen molar-refractivity contribution in [3.05, 3.63) is 6.42 Å². The van der Waals surface area contributed by atoms with Crippen molar-refractivity contribution in [2.24, 2.45) is 0 Å². The van der Waals surface area contributed by atoms with E-state index in [0.717, 1.165) is 0 Å². The third-order valence-corrected chi connectivity index (χ3v) is 0.247. The maximum absolute atomic E-state index is 9.37. The fourth-order valence-corrected chi connectivity index (χ4v) is 0.106. The number of carboxylic acids is 2. The zero-order valence-corrected chi connectivity index (χ0v) is 3.29. The molecule has 0 bridgehead atoms. The largest absolute Gasteiger partial charge is 0.481 e. The van der Waals surface area contributed by atoms with Crippen molar-refractivity contribution in [1.82, 2.24) is 0 Å². The van der Waals surface area contributed by atoms with E-state index in [2.05, 4.69) is 0 Å². The highest BCUT2D eigenvalue weighted by molar-refractivity contribution is 6.01. The van der Waals surface area contributed by atoms with Crippen LogP contribution >= 0.6 is 0 Å². The van der Waals surface area contributed by atoms with Crippen LogP contribution in [0.1, 0.15) is 0 Å². The molecule has 0 aliphatic heterocycles. The Hall–Kier alpha value is -1.06. The van der Waals surface area contributed by atoms with Gasteiger partial charge in [0.05, 0.1) is 0 Å². The molecule has 0 aromatic heterocycles. The van der Waals surface area contributed by atoms with Gasteiger partial charge in [0, 0.05) is 0 Å². The Kier molecular flexibility index (Phi) is 1.84. The highest BCUT2D eigenvalue weighted by Gasteiger charge is 2.02. The van der Waals surface area contributed by atoms with Crippen molar-refractivity contribution < 1.29 is 19.8 Å². The minimum absolute atomic E-state index is 0.167. The lowest BCUT2D eigenvalue weighted by Crippen LogP contribution is -2.05. The SMILES string of the molecule is O=C(O)[13CH]C(=O)O. The molecule has 0 spiro atoms. The van der Waals surface area contributed by atoms with Crippen molar-refractivity contribution >= 4 is 11.9 Å². The minimum Gasteiger partial charge on any atom is -0.481 e. The molecule has 4 heteroatoms. The van der Waals surface area contributed by atoms with Crippen LogP contribution < -0.4 is 0 Å². The van der Waals surface area contributed by atoms with Crippen molar-refractivity contribution in [1.29, 1.82) is 0 Å². The maximum atomic E-state index is 9.37. The van der Waals surface area contributed by atoms with Gasteiger partial charge < -0.3 is 10.2 Å². The second-order valence-electron chi connectivity index (χ2n) is 0.821. The molecule has 0 heterocycles. The molecule has 2 N–H and O–H groups in total. The Labute approximate surface area is 39.4 Å². The van der Waals surface area contributed by atoms with Crippen molar-refractivity contribution in [2.45, 2.75) is 0 Å². The fourth-order valence-electron chi connectivity index (χ4n) is 0.106. The van der Waals surface area contributed by atoms with Crippen LogP contribution in [-0.4, -0.2) is 22.2 Å². The summed E-state index contributed by atoms with van der Waals surface area (Å²) in [5.74, 6) is -2.87. The molecule has 1 radical (unpaired) electrons. The molecule has 0 aromatic carbocycles. The molecular weight excluding hydrogens is 101 g/mol. The molecule has 0 aromatic rings. The summed E-state index contributed by atoms with van der Waals surface area (Å²) in [7, 11) is 0. The number of hydrogen-bond acceptors (Lipinski definition) is 2. The Morgan fingerprint density at radius 1 is 1.14 bits per heavy atom. The lowest BCUT2D eigenvalue weighted by atomic mass is 10.8. The Morgan fingerprint density at radius 3 is 1.43 bits per heavy atom.